The lowest BCUT2D eigenvalue weighted by atomic mass is 10.1. The highest BCUT2D eigenvalue weighted by Gasteiger charge is 2.13. The predicted molar refractivity (Wildman–Crippen MR) is 97.4 cm³/mol. The second-order valence-corrected chi connectivity index (χ2v) is 5.89. The molecule has 0 bridgehead atoms. The Morgan fingerprint density at radius 3 is 2.35 bits per heavy atom. The van der Waals surface area contributed by atoms with Crippen LogP contribution in [0.1, 0.15) is 21.5 Å². The molecule has 0 aromatic heterocycles. The van der Waals surface area contributed by atoms with Crippen LogP contribution in [-0.2, 0) is 16.1 Å². The predicted octanol–water partition coefficient (Wildman–Crippen LogP) is 2.46. The van der Waals surface area contributed by atoms with Crippen molar-refractivity contribution in [1.29, 1.82) is 0 Å². The number of aromatic carboxylic acids is 1. The minimum atomic E-state index is -1.04. The van der Waals surface area contributed by atoms with Gasteiger partial charge in [-0.3, -0.25) is 9.59 Å². The van der Waals surface area contributed by atoms with Crippen LogP contribution in [0.5, 0.6) is 0 Å². The molecular weight excluding hydrogens is 381 g/mol. The molecule has 2 rings (SSSR count). The average molecular weight is 394 g/mol. The maximum absolute atomic E-state index is 11.7. The molecule has 0 unspecified atom stereocenters. The maximum Gasteiger partial charge on any atom is 0.335 e. The van der Waals surface area contributed by atoms with Crippen LogP contribution in [0.4, 0.5) is 0 Å². The van der Waals surface area contributed by atoms with Crippen molar-refractivity contribution in [3.05, 3.63) is 69.2 Å². The Morgan fingerprint density at radius 1 is 1.04 bits per heavy atom. The van der Waals surface area contributed by atoms with E-state index in [0.717, 1.165) is 0 Å². The summed E-state index contributed by atoms with van der Waals surface area (Å²) in [6, 6.07) is 10.6. The van der Waals surface area contributed by atoms with E-state index in [2.05, 4.69) is 15.8 Å². The van der Waals surface area contributed by atoms with Crippen LogP contribution < -0.4 is 10.7 Å². The zero-order valence-electron chi connectivity index (χ0n) is 13.2. The molecular formula is C17H13Cl2N3O4. The third-order valence-corrected chi connectivity index (χ3v) is 3.79. The van der Waals surface area contributed by atoms with Crippen molar-refractivity contribution in [1.82, 2.24) is 10.7 Å². The summed E-state index contributed by atoms with van der Waals surface area (Å²) in [5.41, 5.74) is 3.38. The summed E-state index contributed by atoms with van der Waals surface area (Å²) in [5, 5.41) is 15.7. The van der Waals surface area contributed by atoms with E-state index < -0.39 is 17.8 Å². The Balaban J connectivity index is 1.84. The fraction of sp³-hybridized carbons (Fsp3) is 0.0588. The first-order chi connectivity index (χ1) is 12.4. The monoisotopic (exact) mass is 393 g/mol. The van der Waals surface area contributed by atoms with Gasteiger partial charge in [-0.2, -0.15) is 5.10 Å². The van der Waals surface area contributed by atoms with Gasteiger partial charge in [0.15, 0.2) is 0 Å². The minimum absolute atomic E-state index is 0.0582. The highest BCUT2D eigenvalue weighted by molar-refractivity contribution is 6.36. The number of hydrogen-bond acceptors (Lipinski definition) is 4. The quantitative estimate of drug-likeness (QED) is 0.411. The molecule has 0 fully saturated rings. The second-order valence-electron chi connectivity index (χ2n) is 5.04. The first kappa shape index (κ1) is 19.4. The molecule has 2 amide bonds. The molecule has 0 saturated heterocycles. The molecule has 26 heavy (non-hydrogen) atoms. The summed E-state index contributed by atoms with van der Waals surface area (Å²) in [6.07, 6.45) is 1.28. The molecule has 9 heteroatoms. The fourth-order valence-electron chi connectivity index (χ4n) is 1.85. The zero-order chi connectivity index (χ0) is 19.1. The highest BCUT2D eigenvalue weighted by atomic mass is 35.5. The fourth-order valence-corrected chi connectivity index (χ4v) is 2.32. The van der Waals surface area contributed by atoms with E-state index in [4.69, 9.17) is 28.3 Å². The zero-order valence-corrected chi connectivity index (χ0v) is 14.7. The molecule has 134 valence electrons. The number of carboxylic acid groups (broad SMARTS) is 1. The van der Waals surface area contributed by atoms with E-state index in [0.29, 0.717) is 21.2 Å². The van der Waals surface area contributed by atoms with Gasteiger partial charge in [0.2, 0.25) is 0 Å². The summed E-state index contributed by atoms with van der Waals surface area (Å²) in [4.78, 5) is 34.1. The third-order valence-electron chi connectivity index (χ3n) is 3.20. The van der Waals surface area contributed by atoms with E-state index in [1.807, 2.05) is 0 Å². The normalized spacial score (nSPS) is 10.5. The number of carboxylic acids is 1. The first-order valence-electron chi connectivity index (χ1n) is 7.25. The number of carbonyl (C=O) groups excluding carboxylic acids is 2. The lowest BCUT2D eigenvalue weighted by molar-refractivity contribution is -0.139. The number of hydrazone groups is 1. The van der Waals surface area contributed by atoms with Gasteiger partial charge in [0, 0.05) is 16.6 Å². The highest BCUT2D eigenvalue weighted by Crippen LogP contribution is 2.20. The molecule has 0 aliphatic carbocycles. The Morgan fingerprint density at radius 2 is 1.73 bits per heavy atom. The molecule has 0 saturated carbocycles. The first-order valence-corrected chi connectivity index (χ1v) is 8.01. The summed E-state index contributed by atoms with van der Waals surface area (Å²) < 4.78 is 0. The second kappa shape index (κ2) is 8.98. The van der Waals surface area contributed by atoms with Gasteiger partial charge < -0.3 is 10.4 Å². The molecule has 2 aromatic rings. The van der Waals surface area contributed by atoms with E-state index in [-0.39, 0.29) is 12.1 Å². The van der Waals surface area contributed by atoms with Crippen molar-refractivity contribution in [2.45, 2.75) is 6.54 Å². The molecule has 3 N–H and O–H groups in total. The van der Waals surface area contributed by atoms with Crippen LogP contribution in [0.15, 0.2) is 47.6 Å². The average Bonchev–Trinajstić information content (AvgIpc) is 2.61. The smallest absolute Gasteiger partial charge is 0.335 e. The van der Waals surface area contributed by atoms with Crippen LogP contribution >= 0.6 is 23.2 Å². The van der Waals surface area contributed by atoms with Crippen molar-refractivity contribution in [2.75, 3.05) is 0 Å². The lowest BCUT2D eigenvalue weighted by Crippen LogP contribution is -2.37. The van der Waals surface area contributed by atoms with E-state index in [1.54, 1.807) is 12.1 Å². The molecule has 0 radical (unpaired) electrons. The lowest BCUT2D eigenvalue weighted by Gasteiger charge is -2.06. The van der Waals surface area contributed by atoms with Gasteiger partial charge in [0.1, 0.15) is 0 Å². The molecule has 0 aliphatic rings. The molecule has 2 aromatic carbocycles. The number of nitrogens with one attached hydrogen (secondary N) is 2. The van der Waals surface area contributed by atoms with Crippen LogP contribution in [0.2, 0.25) is 10.0 Å². The van der Waals surface area contributed by atoms with Crippen molar-refractivity contribution in [3.8, 4) is 0 Å². The number of rotatable bonds is 5. The largest absolute Gasteiger partial charge is 0.478 e. The number of benzene rings is 2. The molecule has 7 nitrogen and oxygen atoms in total. The molecule has 0 heterocycles. The van der Waals surface area contributed by atoms with Gasteiger partial charge in [0.25, 0.3) is 0 Å². The Kier molecular flexibility index (Phi) is 6.71. The van der Waals surface area contributed by atoms with Crippen LogP contribution in [0, 0.1) is 0 Å². The minimum Gasteiger partial charge on any atom is -0.478 e. The van der Waals surface area contributed by atoms with Crippen LogP contribution in [0.25, 0.3) is 0 Å². The van der Waals surface area contributed by atoms with Gasteiger partial charge >= 0.3 is 17.8 Å². The van der Waals surface area contributed by atoms with Gasteiger partial charge in [-0.25, -0.2) is 10.2 Å². The molecule has 0 spiro atoms. The summed E-state index contributed by atoms with van der Waals surface area (Å²) in [5.74, 6) is -2.87. The van der Waals surface area contributed by atoms with Gasteiger partial charge in [-0.1, -0.05) is 41.4 Å². The Labute approximate surface area is 158 Å². The van der Waals surface area contributed by atoms with Crippen molar-refractivity contribution >= 4 is 47.2 Å². The molecule has 0 atom stereocenters. The van der Waals surface area contributed by atoms with E-state index in [9.17, 15) is 14.4 Å². The third kappa shape index (κ3) is 5.58. The number of halogens is 2. The number of carbonyl (C=O) groups is 3. The van der Waals surface area contributed by atoms with Crippen molar-refractivity contribution in [3.63, 3.8) is 0 Å². The van der Waals surface area contributed by atoms with Gasteiger partial charge in [0.05, 0.1) is 11.8 Å². The molecule has 0 aliphatic heterocycles. The van der Waals surface area contributed by atoms with Crippen LogP contribution in [-0.4, -0.2) is 29.1 Å². The van der Waals surface area contributed by atoms with Crippen molar-refractivity contribution < 1.29 is 19.5 Å². The SMILES string of the molecule is O=C(NCc1ccc(Cl)cc1Cl)C(=O)N/N=C/c1ccc(C(=O)O)cc1. The summed E-state index contributed by atoms with van der Waals surface area (Å²) in [6.45, 7) is 0.0582. The van der Waals surface area contributed by atoms with E-state index in [1.165, 1.54) is 36.5 Å². The Hall–Kier alpha value is -2.90. The van der Waals surface area contributed by atoms with Crippen molar-refractivity contribution in [2.24, 2.45) is 5.10 Å². The number of hydrogen-bond donors (Lipinski definition) is 3. The Bertz CT molecular complexity index is 867. The summed E-state index contributed by atoms with van der Waals surface area (Å²) >= 11 is 11.8. The number of amides is 2. The van der Waals surface area contributed by atoms with Crippen LogP contribution in [0.3, 0.4) is 0 Å². The topological polar surface area (TPSA) is 108 Å². The number of nitrogens with zero attached hydrogens (tertiary/aromatic N) is 1. The van der Waals surface area contributed by atoms with Gasteiger partial charge in [-0.05, 0) is 35.4 Å². The van der Waals surface area contributed by atoms with E-state index >= 15 is 0 Å². The maximum atomic E-state index is 11.7. The standard InChI is InChI=1S/C17H13Cl2N3O4/c18-13-6-5-12(14(19)7-13)9-20-15(23)16(24)22-21-8-10-1-3-11(4-2-10)17(25)26/h1-8H,9H2,(H,20,23)(H,22,24)(H,25,26)/b21-8+. The summed E-state index contributed by atoms with van der Waals surface area (Å²) in [7, 11) is 0. The van der Waals surface area contributed by atoms with Gasteiger partial charge in [-0.15, -0.1) is 0 Å².